The molecule has 0 spiro atoms. The summed E-state index contributed by atoms with van der Waals surface area (Å²) < 4.78 is 6.62. The van der Waals surface area contributed by atoms with Gasteiger partial charge in [-0.3, -0.25) is 0 Å². The van der Waals surface area contributed by atoms with Crippen LogP contribution in [0.5, 0.6) is 5.75 Å². The fraction of sp³-hybridized carbons (Fsp3) is 0.462. The summed E-state index contributed by atoms with van der Waals surface area (Å²) in [5, 5.41) is 9.42. The average Bonchev–Trinajstić information content (AvgIpc) is 2.17. The Kier molecular flexibility index (Phi) is 4.81. The molecular formula is C13H18BrO2. The van der Waals surface area contributed by atoms with Crippen LogP contribution in [0.2, 0.25) is 0 Å². The molecule has 0 aliphatic carbocycles. The summed E-state index contributed by atoms with van der Waals surface area (Å²) in [6, 6.07) is 5.91. The van der Waals surface area contributed by atoms with E-state index in [0.717, 1.165) is 16.6 Å². The zero-order valence-corrected chi connectivity index (χ0v) is 11.4. The van der Waals surface area contributed by atoms with Gasteiger partial charge in [0.1, 0.15) is 5.75 Å². The fourth-order valence-corrected chi connectivity index (χ4v) is 1.66. The van der Waals surface area contributed by atoms with Gasteiger partial charge in [0.05, 0.1) is 12.2 Å². The van der Waals surface area contributed by atoms with Crippen molar-refractivity contribution in [3.05, 3.63) is 35.2 Å². The van der Waals surface area contributed by atoms with E-state index in [0.29, 0.717) is 13.0 Å². The van der Waals surface area contributed by atoms with Crippen LogP contribution in [0.15, 0.2) is 22.7 Å². The molecule has 89 valence electrons. The van der Waals surface area contributed by atoms with Crippen LogP contribution < -0.4 is 4.74 Å². The van der Waals surface area contributed by atoms with Gasteiger partial charge < -0.3 is 9.84 Å². The van der Waals surface area contributed by atoms with Crippen molar-refractivity contribution >= 4 is 15.9 Å². The van der Waals surface area contributed by atoms with Gasteiger partial charge in [0.15, 0.2) is 0 Å². The molecule has 0 aliphatic heterocycles. The largest absolute Gasteiger partial charge is 0.494 e. The van der Waals surface area contributed by atoms with Crippen LogP contribution in [-0.2, 0) is 0 Å². The van der Waals surface area contributed by atoms with Crippen molar-refractivity contribution in [1.29, 1.82) is 0 Å². The number of aryl methyl sites for hydroxylation is 1. The first-order valence-electron chi connectivity index (χ1n) is 5.35. The first-order chi connectivity index (χ1) is 7.38. The van der Waals surface area contributed by atoms with Crippen molar-refractivity contribution in [1.82, 2.24) is 0 Å². The lowest BCUT2D eigenvalue weighted by Crippen LogP contribution is -2.19. The summed E-state index contributed by atoms with van der Waals surface area (Å²) in [4.78, 5) is 0. The third-order valence-electron chi connectivity index (χ3n) is 2.27. The smallest absolute Gasteiger partial charge is 0.120 e. The summed E-state index contributed by atoms with van der Waals surface area (Å²) in [5.74, 6) is 0.848. The lowest BCUT2D eigenvalue weighted by molar-refractivity contribution is 0.0907. The Labute approximate surface area is 106 Å². The highest BCUT2D eigenvalue weighted by Crippen LogP contribution is 2.22. The molecule has 1 atom stereocenters. The van der Waals surface area contributed by atoms with E-state index in [-0.39, 0.29) is 0 Å². The number of ether oxygens (including phenoxy) is 1. The minimum Gasteiger partial charge on any atom is -0.494 e. The highest BCUT2D eigenvalue weighted by molar-refractivity contribution is 9.10. The normalized spacial score (nSPS) is 11.6. The van der Waals surface area contributed by atoms with Crippen molar-refractivity contribution in [3.8, 4) is 5.75 Å². The zero-order valence-electron chi connectivity index (χ0n) is 9.79. The van der Waals surface area contributed by atoms with Gasteiger partial charge in [-0.1, -0.05) is 22.0 Å². The molecule has 1 N–H and O–H groups in total. The van der Waals surface area contributed by atoms with Crippen molar-refractivity contribution < 1.29 is 9.84 Å². The Hall–Kier alpha value is -0.540. The molecule has 1 unspecified atom stereocenters. The quantitative estimate of drug-likeness (QED) is 0.839. The van der Waals surface area contributed by atoms with E-state index < -0.39 is 5.60 Å². The van der Waals surface area contributed by atoms with Crippen molar-refractivity contribution in [2.45, 2.75) is 32.3 Å². The molecular weight excluding hydrogens is 268 g/mol. The van der Waals surface area contributed by atoms with Crippen molar-refractivity contribution in [3.63, 3.8) is 0 Å². The van der Waals surface area contributed by atoms with Gasteiger partial charge in [-0.05, 0) is 51.3 Å². The first kappa shape index (κ1) is 13.5. The number of hydrogen-bond donors (Lipinski definition) is 1. The molecule has 1 aromatic carbocycles. The molecule has 0 amide bonds. The zero-order chi connectivity index (χ0) is 12.2. The lowest BCUT2D eigenvalue weighted by Gasteiger charge is -2.16. The van der Waals surface area contributed by atoms with E-state index in [4.69, 9.17) is 4.74 Å². The minimum atomic E-state index is -0.850. The van der Waals surface area contributed by atoms with E-state index in [9.17, 15) is 5.11 Å². The summed E-state index contributed by atoms with van der Waals surface area (Å²) in [6.07, 6.45) is 1.43. The molecule has 1 rings (SSSR count). The minimum absolute atomic E-state index is 0.598. The standard InChI is InChI=1S/C13H18BrO2/c1-10-5-6-11(9-12(10)14)16-8-4-7-13(2,3)15/h5-6,9,15H,2,4,7-8H2,1,3H3. The van der Waals surface area contributed by atoms with Crippen LogP contribution in [0, 0.1) is 13.8 Å². The van der Waals surface area contributed by atoms with Crippen LogP contribution >= 0.6 is 15.9 Å². The topological polar surface area (TPSA) is 29.5 Å². The monoisotopic (exact) mass is 285 g/mol. The molecule has 0 heterocycles. The second kappa shape index (κ2) is 5.69. The van der Waals surface area contributed by atoms with E-state index in [1.807, 2.05) is 25.1 Å². The van der Waals surface area contributed by atoms with E-state index in [1.54, 1.807) is 6.92 Å². The fourth-order valence-electron chi connectivity index (χ4n) is 1.31. The van der Waals surface area contributed by atoms with Crippen molar-refractivity contribution in [2.75, 3.05) is 6.61 Å². The van der Waals surface area contributed by atoms with Gasteiger partial charge in [0.2, 0.25) is 0 Å². The van der Waals surface area contributed by atoms with Gasteiger partial charge >= 0.3 is 0 Å². The third kappa shape index (κ3) is 4.99. The Morgan fingerprint density at radius 1 is 1.50 bits per heavy atom. The lowest BCUT2D eigenvalue weighted by atomic mass is 10.0. The summed E-state index contributed by atoms with van der Waals surface area (Å²) in [7, 11) is 0. The maximum absolute atomic E-state index is 9.42. The molecule has 0 saturated carbocycles. The molecule has 2 nitrogen and oxygen atoms in total. The van der Waals surface area contributed by atoms with Gasteiger partial charge in [-0.2, -0.15) is 0 Å². The molecule has 0 bridgehead atoms. The molecule has 0 fully saturated rings. The number of halogens is 1. The Morgan fingerprint density at radius 2 is 2.19 bits per heavy atom. The number of aliphatic hydroxyl groups is 1. The molecule has 1 aromatic rings. The van der Waals surface area contributed by atoms with Gasteiger partial charge in [0.25, 0.3) is 0 Å². The van der Waals surface area contributed by atoms with Crippen LogP contribution in [0.25, 0.3) is 0 Å². The summed E-state index contributed by atoms with van der Waals surface area (Å²) in [6.45, 7) is 7.97. The van der Waals surface area contributed by atoms with Crippen molar-refractivity contribution in [2.24, 2.45) is 0 Å². The van der Waals surface area contributed by atoms with E-state index in [2.05, 4.69) is 22.9 Å². The van der Waals surface area contributed by atoms with Gasteiger partial charge in [0, 0.05) is 4.47 Å². The SMILES string of the molecule is [CH2]C(C)(O)CCCOc1ccc(C)c(Br)c1. The predicted octanol–water partition coefficient (Wildman–Crippen LogP) is 3.50. The number of hydrogen-bond acceptors (Lipinski definition) is 2. The molecule has 0 aliphatic rings. The number of benzene rings is 1. The summed E-state index contributed by atoms with van der Waals surface area (Å²) in [5.41, 5.74) is 0.338. The van der Waals surface area contributed by atoms with Crippen LogP contribution in [0.3, 0.4) is 0 Å². The maximum Gasteiger partial charge on any atom is 0.120 e. The molecule has 0 saturated heterocycles. The molecule has 0 aromatic heterocycles. The number of rotatable bonds is 5. The predicted molar refractivity (Wildman–Crippen MR) is 69.6 cm³/mol. The van der Waals surface area contributed by atoms with E-state index >= 15 is 0 Å². The Bertz CT molecular complexity index is 342. The molecule has 16 heavy (non-hydrogen) atoms. The second-order valence-corrected chi connectivity index (χ2v) is 5.21. The Balaban J connectivity index is 2.35. The van der Waals surface area contributed by atoms with E-state index in [1.165, 1.54) is 5.56 Å². The van der Waals surface area contributed by atoms with Crippen LogP contribution in [-0.4, -0.2) is 17.3 Å². The summed E-state index contributed by atoms with van der Waals surface area (Å²) >= 11 is 3.46. The van der Waals surface area contributed by atoms with Gasteiger partial charge in [-0.25, -0.2) is 0 Å². The first-order valence-corrected chi connectivity index (χ1v) is 6.14. The van der Waals surface area contributed by atoms with Crippen LogP contribution in [0.4, 0.5) is 0 Å². The third-order valence-corrected chi connectivity index (χ3v) is 3.13. The second-order valence-electron chi connectivity index (χ2n) is 4.36. The molecule has 1 radical (unpaired) electrons. The molecule has 3 heteroatoms. The highest BCUT2D eigenvalue weighted by atomic mass is 79.9. The maximum atomic E-state index is 9.42. The highest BCUT2D eigenvalue weighted by Gasteiger charge is 2.11. The Morgan fingerprint density at radius 3 is 2.75 bits per heavy atom. The van der Waals surface area contributed by atoms with Gasteiger partial charge in [-0.15, -0.1) is 0 Å². The average molecular weight is 286 g/mol. The van der Waals surface area contributed by atoms with Crippen LogP contribution in [0.1, 0.15) is 25.3 Å².